The maximum Gasteiger partial charge on any atom is 0.295 e. The number of nitrogens with zero attached hydrogens (tertiary/aromatic N) is 2. The average Bonchev–Trinajstić information content (AvgIpc) is 2.87. The molecule has 0 unspecified atom stereocenters. The molecule has 0 radical (unpaired) electrons. The van der Waals surface area contributed by atoms with Gasteiger partial charge in [0.2, 0.25) is 0 Å². The molecular formula is C20H23F2N3O3. The number of aromatic nitrogens is 1. The lowest BCUT2D eigenvalue weighted by Crippen LogP contribution is -2.36. The van der Waals surface area contributed by atoms with Gasteiger partial charge in [-0.2, -0.15) is 0 Å². The minimum absolute atomic E-state index is 0.0780. The van der Waals surface area contributed by atoms with Crippen LogP contribution in [0.25, 0.3) is 0 Å². The molecule has 0 bridgehead atoms. The largest absolute Gasteiger partial charge is 0.343 e. The molecule has 2 rings (SSSR count). The van der Waals surface area contributed by atoms with Crippen LogP contribution in [-0.4, -0.2) is 40.2 Å². The van der Waals surface area contributed by atoms with Crippen LogP contribution in [0.3, 0.4) is 0 Å². The number of Topliss-reactive ketones (excluding diaryl/α,β-unsaturated/α-hetero) is 1. The van der Waals surface area contributed by atoms with Gasteiger partial charge < -0.3 is 14.8 Å². The van der Waals surface area contributed by atoms with Crippen LogP contribution in [0.4, 0.5) is 14.5 Å². The van der Waals surface area contributed by atoms with E-state index in [-0.39, 0.29) is 16.9 Å². The fourth-order valence-corrected chi connectivity index (χ4v) is 3.16. The minimum Gasteiger partial charge on any atom is -0.343 e. The number of carbonyl (C=O) groups excluding carboxylic acids is 3. The highest BCUT2D eigenvalue weighted by Gasteiger charge is 2.30. The summed E-state index contributed by atoms with van der Waals surface area (Å²) in [7, 11) is 1.60. The topological polar surface area (TPSA) is 71.4 Å². The van der Waals surface area contributed by atoms with Crippen molar-refractivity contribution in [2.45, 2.75) is 27.7 Å². The zero-order chi connectivity index (χ0) is 21.2. The van der Waals surface area contributed by atoms with Gasteiger partial charge in [0.1, 0.15) is 5.69 Å². The molecule has 0 atom stereocenters. The number of amides is 2. The lowest BCUT2D eigenvalue weighted by Gasteiger charge is -2.17. The van der Waals surface area contributed by atoms with E-state index in [2.05, 4.69) is 5.32 Å². The Bertz CT molecular complexity index is 947. The Morgan fingerprint density at radius 3 is 2.21 bits per heavy atom. The van der Waals surface area contributed by atoms with Crippen molar-refractivity contribution in [1.29, 1.82) is 0 Å². The molecular weight excluding hydrogens is 368 g/mol. The van der Waals surface area contributed by atoms with E-state index >= 15 is 0 Å². The van der Waals surface area contributed by atoms with Crippen molar-refractivity contribution in [1.82, 2.24) is 9.47 Å². The predicted octanol–water partition coefficient (Wildman–Crippen LogP) is 3.22. The third-order valence-electron chi connectivity index (χ3n) is 4.80. The molecule has 0 aliphatic heterocycles. The van der Waals surface area contributed by atoms with E-state index in [1.54, 1.807) is 34.7 Å². The first-order chi connectivity index (χ1) is 13.1. The quantitative estimate of drug-likeness (QED) is 0.607. The average molecular weight is 391 g/mol. The van der Waals surface area contributed by atoms with Crippen molar-refractivity contribution in [3.05, 3.63) is 52.3 Å². The number of rotatable bonds is 6. The van der Waals surface area contributed by atoms with Gasteiger partial charge in [0.25, 0.3) is 17.6 Å². The van der Waals surface area contributed by atoms with E-state index < -0.39 is 29.2 Å². The summed E-state index contributed by atoms with van der Waals surface area (Å²) < 4.78 is 28.0. The van der Waals surface area contributed by atoms with E-state index in [0.717, 1.165) is 12.1 Å². The van der Waals surface area contributed by atoms with E-state index in [0.29, 0.717) is 24.3 Å². The predicted molar refractivity (Wildman–Crippen MR) is 101 cm³/mol. The Hall–Kier alpha value is -3.03. The molecule has 1 N–H and O–H groups in total. The highest BCUT2D eigenvalue weighted by Crippen LogP contribution is 2.24. The van der Waals surface area contributed by atoms with Crippen molar-refractivity contribution in [2.24, 2.45) is 7.05 Å². The molecule has 8 heteroatoms. The van der Waals surface area contributed by atoms with Gasteiger partial charge in [0.15, 0.2) is 11.6 Å². The first kappa shape index (κ1) is 21.3. The molecule has 0 fully saturated rings. The van der Waals surface area contributed by atoms with Gasteiger partial charge in [-0.05, 0) is 45.4 Å². The minimum atomic E-state index is -1.08. The summed E-state index contributed by atoms with van der Waals surface area (Å²) in [5.74, 6) is -4.01. The van der Waals surface area contributed by atoms with Crippen LogP contribution in [0.2, 0.25) is 0 Å². The second kappa shape index (κ2) is 8.33. The summed E-state index contributed by atoms with van der Waals surface area (Å²) in [5.41, 5.74) is 1.24. The lowest BCUT2D eigenvalue weighted by molar-refractivity contribution is -0.126. The van der Waals surface area contributed by atoms with Crippen molar-refractivity contribution >= 4 is 23.3 Å². The fraction of sp³-hybridized carbons (Fsp3) is 0.350. The van der Waals surface area contributed by atoms with Crippen LogP contribution < -0.4 is 5.32 Å². The highest BCUT2D eigenvalue weighted by atomic mass is 19.2. The van der Waals surface area contributed by atoms with Crippen molar-refractivity contribution < 1.29 is 23.2 Å². The maximum absolute atomic E-state index is 13.4. The van der Waals surface area contributed by atoms with Crippen LogP contribution in [-0.2, 0) is 11.8 Å². The van der Waals surface area contributed by atoms with Gasteiger partial charge in [-0.25, -0.2) is 8.78 Å². The summed E-state index contributed by atoms with van der Waals surface area (Å²) in [6.07, 6.45) is 0. The van der Waals surface area contributed by atoms with Crippen LogP contribution in [0.15, 0.2) is 18.2 Å². The second-order valence-corrected chi connectivity index (χ2v) is 6.38. The Morgan fingerprint density at radius 2 is 1.68 bits per heavy atom. The number of nitrogens with one attached hydrogen (secondary N) is 1. The molecule has 0 saturated carbocycles. The summed E-state index contributed by atoms with van der Waals surface area (Å²) in [6, 6.07) is 3.01. The first-order valence-electron chi connectivity index (χ1n) is 8.89. The molecule has 28 heavy (non-hydrogen) atoms. The van der Waals surface area contributed by atoms with Gasteiger partial charge >= 0.3 is 0 Å². The maximum atomic E-state index is 13.4. The molecule has 2 amide bonds. The molecule has 150 valence electrons. The molecule has 6 nitrogen and oxygen atoms in total. The zero-order valence-corrected chi connectivity index (χ0v) is 16.5. The van der Waals surface area contributed by atoms with Crippen molar-refractivity contribution in [2.75, 3.05) is 18.4 Å². The Kier molecular flexibility index (Phi) is 6.33. The molecule has 2 aromatic rings. The Labute approximate surface area is 162 Å². The van der Waals surface area contributed by atoms with Gasteiger partial charge in [-0.1, -0.05) is 0 Å². The van der Waals surface area contributed by atoms with Crippen LogP contribution in [0.1, 0.15) is 46.0 Å². The molecule has 1 aromatic carbocycles. The van der Waals surface area contributed by atoms with Crippen molar-refractivity contribution in [3.8, 4) is 0 Å². The van der Waals surface area contributed by atoms with Gasteiger partial charge in [-0.15, -0.1) is 0 Å². The van der Waals surface area contributed by atoms with Crippen LogP contribution >= 0.6 is 0 Å². The summed E-state index contributed by atoms with van der Waals surface area (Å²) in [4.78, 5) is 39.3. The van der Waals surface area contributed by atoms with Gasteiger partial charge in [-0.3, -0.25) is 14.4 Å². The smallest absolute Gasteiger partial charge is 0.295 e. The summed E-state index contributed by atoms with van der Waals surface area (Å²) in [5, 5.41) is 2.49. The van der Waals surface area contributed by atoms with Crippen molar-refractivity contribution in [3.63, 3.8) is 0 Å². The first-order valence-corrected chi connectivity index (χ1v) is 8.89. The van der Waals surface area contributed by atoms with E-state index in [4.69, 9.17) is 0 Å². The number of hydrogen-bond donors (Lipinski definition) is 1. The standard InChI is InChI=1S/C20H23F2N3O3/c1-6-25(7-2)20(28)18(26)16-11(3)17(24(5)12(16)4)19(27)23-13-8-9-14(21)15(22)10-13/h8-10H,6-7H2,1-5H3,(H,23,27). The van der Waals surface area contributed by atoms with Gasteiger partial charge in [0, 0.05) is 37.6 Å². The molecule has 1 heterocycles. The number of ketones is 1. The lowest BCUT2D eigenvalue weighted by atomic mass is 10.0. The summed E-state index contributed by atoms with van der Waals surface area (Å²) in [6.45, 7) is 7.57. The monoisotopic (exact) mass is 391 g/mol. The Balaban J connectivity index is 2.40. The van der Waals surface area contributed by atoms with E-state index in [1.807, 2.05) is 0 Å². The number of likely N-dealkylation sites (N-methyl/N-ethyl adjacent to an activating group) is 1. The fourth-order valence-electron chi connectivity index (χ4n) is 3.16. The normalized spacial score (nSPS) is 10.7. The van der Waals surface area contributed by atoms with Crippen LogP contribution in [0, 0.1) is 25.5 Å². The SMILES string of the molecule is CCN(CC)C(=O)C(=O)c1c(C)c(C(=O)Nc2ccc(F)c(F)c2)n(C)c1C. The number of hydrogen-bond acceptors (Lipinski definition) is 3. The number of benzene rings is 1. The second-order valence-electron chi connectivity index (χ2n) is 6.38. The number of carbonyl (C=O) groups is 3. The molecule has 0 aliphatic rings. The molecule has 0 spiro atoms. The summed E-state index contributed by atoms with van der Waals surface area (Å²) >= 11 is 0. The highest BCUT2D eigenvalue weighted by molar-refractivity contribution is 6.43. The molecule has 0 aliphatic carbocycles. The molecule has 1 aromatic heterocycles. The van der Waals surface area contributed by atoms with E-state index in [9.17, 15) is 23.2 Å². The Morgan fingerprint density at radius 1 is 1.07 bits per heavy atom. The number of anilines is 1. The van der Waals surface area contributed by atoms with Crippen LogP contribution in [0.5, 0.6) is 0 Å². The third-order valence-corrected chi connectivity index (χ3v) is 4.80. The third kappa shape index (κ3) is 3.81. The van der Waals surface area contributed by atoms with E-state index in [1.165, 1.54) is 15.5 Å². The van der Waals surface area contributed by atoms with Gasteiger partial charge in [0.05, 0.1) is 5.56 Å². The molecule has 0 saturated heterocycles. The number of halogens is 2. The zero-order valence-electron chi connectivity index (χ0n) is 16.5.